The van der Waals surface area contributed by atoms with Crippen molar-refractivity contribution in [2.45, 2.75) is 12.5 Å². The molecule has 5 heteroatoms. The summed E-state index contributed by atoms with van der Waals surface area (Å²) in [5.74, 6) is -0.454. The van der Waals surface area contributed by atoms with Gasteiger partial charge in [-0.1, -0.05) is 18.2 Å². The van der Waals surface area contributed by atoms with Gasteiger partial charge in [-0.2, -0.15) is 0 Å². The molecule has 0 unspecified atom stereocenters. The fourth-order valence-electron chi connectivity index (χ4n) is 1.93. The third-order valence-corrected chi connectivity index (χ3v) is 2.82. The molecule has 0 spiro atoms. The van der Waals surface area contributed by atoms with Crippen molar-refractivity contribution in [3.63, 3.8) is 0 Å². The van der Waals surface area contributed by atoms with Crippen molar-refractivity contribution in [1.29, 1.82) is 0 Å². The molecule has 1 aliphatic heterocycles. The van der Waals surface area contributed by atoms with Crippen molar-refractivity contribution in [2.75, 3.05) is 12.0 Å². The van der Waals surface area contributed by atoms with Gasteiger partial charge in [-0.25, -0.2) is 4.79 Å². The zero-order chi connectivity index (χ0) is 11.7. The second kappa shape index (κ2) is 4.14. The van der Waals surface area contributed by atoms with Crippen molar-refractivity contribution >= 4 is 28.6 Å². The quantitative estimate of drug-likeness (QED) is 0.428. The van der Waals surface area contributed by atoms with Crippen LogP contribution in [0.3, 0.4) is 0 Å². The van der Waals surface area contributed by atoms with E-state index in [1.165, 1.54) is 12.0 Å². The summed E-state index contributed by atoms with van der Waals surface area (Å²) in [6.07, 6.45) is 0.446. The molecule has 1 aliphatic rings. The van der Waals surface area contributed by atoms with Crippen LogP contribution in [0.15, 0.2) is 24.3 Å². The van der Waals surface area contributed by atoms with Gasteiger partial charge in [-0.15, -0.1) is 0 Å². The number of amides is 1. The van der Waals surface area contributed by atoms with E-state index in [4.69, 9.17) is 11.6 Å². The number of para-hydroxylation sites is 1. The van der Waals surface area contributed by atoms with E-state index < -0.39 is 17.4 Å². The number of fused-ring (bicyclic) bond motifs is 1. The molecule has 0 saturated carbocycles. The first kappa shape index (κ1) is 11.0. The van der Waals surface area contributed by atoms with E-state index in [0.29, 0.717) is 12.1 Å². The van der Waals surface area contributed by atoms with E-state index in [2.05, 4.69) is 4.74 Å². The molecule has 0 radical (unpaired) electrons. The molecule has 1 aromatic rings. The monoisotopic (exact) mass is 239 g/mol. The van der Waals surface area contributed by atoms with Crippen LogP contribution in [0, 0.1) is 0 Å². The first-order valence-corrected chi connectivity index (χ1v) is 5.17. The minimum atomic E-state index is -0.666. The Morgan fingerprint density at radius 2 is 2.12 bits per heavy atom. The van der Waals surface area contributed by atoms with Crippen molar-refractivity contribution in [3.05, 3.63) is 29.8 Å². The van der Waals surface area contributed by atoms with Gasteiger partial charge in [0.1, 0.15) is 6.04 Å². The molecule has 16 heavy (non-hydrogen) atoms. The highest BCUT2D eigenvalue weighted by molar-refractivity contribution is 6.66. The minimum absolute atomic E-state index is 0.446. The molecule has 4 nitrogen and oxygen atoms in total. The van der Waals surface area contributed by atoms with Gasteiger partial charge in [0.15, 0.2) is 0 Å². The maximum Gasteiger partial charge on any atom is 0.329 e. The molecule has 0 N–H and O–H groups in total. The predicted molar refractivity (Wildman–Crippen MR) is 59.7 cm³/mol. The summed E-state index contributed by atoms with van der Waals surface area (Å²) in [5, 5.41) is -0.666. The number of rotatable bonds is 1. The summed E-state index contributed by atoms with van der Waals surface area (Å²) in [4.78, 5) is 24.1. The number of esters is 1. The predicted octanol–water partition coefficient (Wildman–Crippen LogP) is 1.95. The number of nitrogens with zero attached hydrogens (tertiary/aromatic N) is 1. The standard InChI is InChI=1S/C11H10ClNO3/c1-16-10(14)9-6-7-4-2-3-5-8(7)13(9)11(12)15/h2-5,9H,6H2,1H3/t9-/m0/s1. The van der Waals surface area contributed by atoms with Crippen LogP contribution in [-0.4, -0.2) is 24.5 Å². The Morgan fingerprint density at radius 1 is 1.44 bits per heavy atom. The van der Waals surface area contributed by atoms with Crippen molar-refractivity contribution in [1.82, 2.24) is 0 Å². The SMILES string of the molecule is COC(=O)[C@@H]1Cc2ccccc2N1C(=O)Cl. The van der Waals surface area contributed by atoms with Gasteiger partial charge in [0, 0.05) is 12.1 Å². The number of ether oxygens (including phenoxy) is 1. The number of anilines is 1. The molecule has 1 heterocycles. The van der Waals surface area contributed by atoms with Gasteiger partial charge in [0.05, 0.1) is 7.11 Å². The zero-order valence-corrected chi connectivity index (χ0v) is 9.40. The van der Waals surface area contributed by atoms with Crippen LogP contribution >= 0.6 is 11.6 Å². The summed E-state index contributed by atoms with van der Waals surface area (Å²) >= 11 is 5.49. The Bertz CT molecular complexity index is 447. The summed E-state index contributed by atoms with van der Waals surface area (Å²) in [5.41, 5.74) is 1.60. The lowest BCUT2D eigenvalue weighted by Gasteiger charge is -2.20. The second-order valence-corrected chi connectivity index (χ2v) is 3.82. The van der Waals surface area contributed by atoms with Gasteiger partial charge in [-0.05, 0) is 23.2 Å². The zero-order valence-electron chi connectivity index (χ0n) is 8.64. The number of carbonyl (C=O) groups excluding carboxylic acids is 2. The smallest absolute Gasteiger partial charge is 0.329 e. The number of methoxy groups -OCH3 is 1. The van der Waals surface area contributed by atoms with Gasteiger partial charge in [0.25, 0.3) is 0 Å². The normalized spacial score (nSPS) is 18.1. The molecule has 1 atom stereocenters. The average Bonchev–Trinajstić information content (AvgIpc) is 2.67. The number of halogens is 1. The summed E-state index contributed by atoms with van der Waals surface area (Å²) in [6.45, 7) is 0. The van der Waals surface area contributed by atoms with E-state index >= 15 is 0 Å². The lowest BCUT2D eigenvalue weighted by atomic mass is 10.1. The van der Waals surface area contributed by atoms with Gasteiger partial charge < -0.3 is 4.74 Å². The molecule has 1 aromatic carbocycles. The number of hydrogen-bond donors (Lipinski definition) is 0. The highest BCUT2D eigenvalue weighted by atomic mass is 35.5. The van der Waals surface area contributed by atoms with Crippen molar-refractivity contribution in [3.8, 4) is 0 Å². The van der Waals surface area contributed by atoms with E-state index in [-0.39, 0.29) is 0 Å². The molecule has 0 fully saturated rings. The molecule has 0 bridgehead atoms. The van der Waals surface area contributed by atoms with E-state index in [1.54, 1.807) is 12.1 Å². The van der Waals surface area contributed by atoms with Crippen LogP contribution in [0.4, 0.5) is 10.5 Å². The van der Waals surface area contributed by atoms with Crippen LogP contribution in [-0.2, 0) is 16.0 Å². The number of benzene rings is 1. The Hall–Kier alpha value is -1.55. The lowest BCUT2D eigenvalue weighted by Crippen LogP contribution is -2.40. The number of carbonyl (C=O) groups is 2. The Labute approximate surface area is 97.7 Å². The van der Waals surface area contributed by atoms with Gasteiger partial charge >= 0.3 is 11.3 Å². The fourth-order valence-corrected chi connectivity index (χ4v) is 2.14. The molecule has 0 saturated heterocycles. The van der Waals surface area contributed by atoms with Crippen LogP contribution < -0.4 is 4.90 Å². The first-order chi connectivity index (χ1) is 7.65. The van der Waals surface area contributed by atoms with Crippen molar-refractivity contribution in [2.24, 2.45) is 0 Å². The van der Waals surface area contributed by atoms with Crippen LogP contribution in [0.25, 0.3) is 0 Å². The summed E-state index contributed by atoms with van der Waals surface area (Å²) < 4.78 is 4.65. The topological polar surface area (TPSA) is 46.6 Å². The third-order valence-electron chi connectivity index (χ3n) is 2.64. The molecule has 2 rings (SSSR count). The van der Waals surface area contributed by atoms with Gasteiger partial charge in [0.2, 0.25) is 0 Å². The Balaban J connectivity index is 2.41. The Kier molecular flexibility index (Phi) is 2.83. The molecule has 1 amide bonds. The maximum absolute atomic E-state index is 11.5. The molecule has 0 aliphatic carbocycles. The largest absolute Gasteiger partial charge is 0.467 e. The third kappa shape index (κ3) is 1.65. The van der Waals surface area contributed by atoms with E-state index in [9.17, 15) is 9.59 Å². The van der Waals surface area contributed by atoms with E-state index in [1.807, 2.05) is 12.1 Å². The Morgan fingerprint density at radius 3 is 2.75 bits per heavy atom. The average molecular weight is 240 g/mol. The van der Waals surface area contributed by atoms with Gasteiger partial charge in [-0.3, -0.25) is 9.69 Å². The van der Waals surface area contributed by atoms with Crippen LogP contribution in [0.2, 0.25) is 0 Å². The highest BCUT2D eigenvalue weighted by Gasteiger charge is 2.38. The lowest BCUT2D eigenvalue weighted by molar-refractivity contribution is -0.141. The highest BCUT2D eigenvalue weighted by Crippen LogP contribution is 2.33. The molecule has 84 valence electrons. The minimum Gasteiger partial charge on any atom is -0.467 e. The van der Waals surface area contributed by atoms with E-state index in [0.717, 1.165) is 5.56 Å². The van der Waals surface area contributed by atoms with Crippen molar-refractivity contribution < 1.29 is 14.3 Å². The fraction of sp³-hybridized carbons (Fsp3) is 0.273. The second-order valence-electron chi connectivity index (χ2n) is 3.49. The molecule has 0 aromatic heterocycles. The van der Waals surface area contributed by atoms with Crippen LogP contribution in [0.1, 0.15) is 5.56 Å². The molecular weight excluding hydrogens is 230 g/mol. The first-order valence-electron chi connectivity index (χ1n) is 4.79. The maximum atomic E-state index is 11.5. The summed E-state index contributed by atoms with van der Waals surface area (Å²) in [6, 6.07) is 6.64. The van der Waals surface area contributed by atoms with Crippen LogP contribution in [0.5, 0.6) is 0 Å². The number of hydrogen-bond acceptors (Lipinski definition) is 3. The summed E-state index contributed by atoms with van der Waals surface area (Å²) in [7, 11) is 1.29. The molecular formula is C11H10ClNO3.